The molecule has 0 atom stereocenters. The van der Waals surface area contributed by atoms with Crippen LogP contribution in [0.15, 0.2) is 206 Å². The molecule has 0 unspecified atom stereocenters. The van der Waals surface area contributed by atoms with Crippen LogP contribution < -0.4 is 26.2 Å². The molecular weight excluding hydrogens is 784 g/mol. The molecule has 0 spiro atoms. The zero-order valence-electron chi connectivity index (χ0n) is 37.4. The molecule has 65 heavy (non-hydrogen) atoms. The molecule has 0 saturated heterocycles. The summed E-state index contributed by atoms with van der Waals surface area (Å²) >= 11 is 0. The zero-order valence-corrected chi connectivity index (χ0v) is 37.4. The van der Waals surface area contributed by atoms with Gasteiger partial charge in [-0.3, -0.25) is 0 Å². The summed E-state index contributed by atoms with van der Waals surface area (Å²) in [4.78, 5) is 5.21. The Bertz CT molecular complexity index is 3130. The van der Waals surface area contributed by atoms with Gasteiger partial charge in [-0.1, -0.05) is 166 Å². The van der Waals surface area contributed by atoms with E-state index >= 15 is 0 Å². The normalized spacial score (nSPS) is 13.7. The van der Waals surface area contributed by atoms with E-state index < -0.39 is 0 Å². The number of hydrogen-bond acceptors (Lipinski definition) is 2. The maximum absolute atomic E-state index is 2.61. The van der Waals surface area contributed by atoms with Gasteiger partial charge in [0.05, 0.1) is 0 Å². The van der Waals surface area contributed by atoms with Gasteiger partial charge in [0.25, 0.3) is 6.71 Å². The van der Waals surface area contributed by atoms with Gasteiger partial charge in [0.1, 0.15) is 0 Å². The van der Waals surface area contributed by atoms with Crippen molar-refractivity contribution in [3.05, 3.63) is 223 Å². The topological polar surface area (TPSA) is 6.48 Å². The van der Waals surface area contributed by atoms with Gasteiger partial charge in [-0.25, -0.2) is 0 Å². The van der Waals surface area contributed by atoms with Crippen LogP contribution in [0.25, 0.3) is 44.5 Å². The molecule has 12 rings (SSSR count). The van der Waals surface area contributed by atoms with Crippen LogP contribution in [0.3, 0.4) is 0 Å². The summed E-state index contributed by atoms with van der Waals surface area (Å²) in [6, 6.07) is 77.5. The van der Waals surface area contributed by atoms with Gasteiger partial charge < -0.3 is 9.80 Å². The fraction of sp³-hybridized carbons (Fsp3) is 0.129. The molecule has 9 aromatic rings. The third kappa shape index (κ3) is 6.89. The Balaban J connectivity index is 1.16. The molecule has 3 aliphatic rings. The van der Waals surface area contributed by atoms with E-state index in [0.717, 1.165) is 18.5 Å². The quantitative estimate of drug-likeness (QED) is 0.154. The molecule has 0 fully saturated rings. The van der Waals surface area contributed by atoms with E-state index in [-0.39, 0.29) is 12.1 Å². The van der Waals surface area contributed by atoms with Gasteiger partial charge in [0, 0.05) is 34.1 Å². The number of fused-ring (bicyclic) bond motifs is 5. The zero-order chi connectivity index (χ0) is 43.6. The molecule has 2 nitrogen and oxygen atoms in total. The molecule has 0 amide bonds. The SMILES string of the molecule is CC(C)(C)c1ccc2c(c1)N(c1cc(-c3ccccc3)cc(-c3ccccc3)c1)c1cccc3c1B2c1cc2c(cc1N3c1cc(-c3ccccc3)cc(-c3ccccc3)c1)CCCC2. The third-order valence-corrected chi connectivity index (χ3v) is 14.1. The molecule has 2 heterocycles. The minimum absolute atomic E-state index is 0.0372. The number of aryl methyl sites for hydroxylation is 2. The number of nitrogens with zero attached hydrogens (tertiary/aromatic N) is 2. The van der Waals surface area contributed by atoms with Crippen molar-refractivity contribution in [3.63, 3.8) is 0 Å². The van der Waals surface area contributed by atoms with Gasteiger partial charge in [-0.05, 0) is 169 Å². The van der Waals surface area contributed by atoms with Crippen LogP contribution in [0.2, 0.25) is 0 Å². The largest absolute Gasteiger partial charge is 0.311 e. The first kappa shape index (κ1) is 39.3. The van der Waals surface area contributed by atoms with Crippen molar-refractivity contribution >= 4 is 57.2 Å². The Morgan fingerprint density at radius 3 is 1.20 bits per heavy atom. The fourth-order valence-corrected chi connectivity index (χ4v) is 10.9. The highest BCUT2D eigenvalue weighted by Crippen LogP contribution is 2.48. The van der Waals surface area contributed by atoms with E-state index in [1.165, 1.54) is 119 Å². The van der Waals surface area contributed by atoms with Crippen LogP contribution >= 0.6 is 0 Å². The summed E-state index contributed by atoms with van der Waals surface area (Å²) in [5, 5.41) is 0. The Hall–Kier alpha value is -7.36. The maximum atomic E-state index is 2.61. The number of hydrogen-bond donors (Lipinski definition) is 0. The Kier molecular flexibility index (Phi) is 9.49. The molecule has 9 aromatic carbocycles. The van der Waals surface area contributed by atoms with Crippen LogP contribution in [0.1, 0.15) is 50.3 Å². The van der Waals surface area contributed by atoms with E-state index in [4.69, 9.17) is 0 Å². The van der Waals surface area contributed by atoms with Gasteiger partial charge in [0.15, 0.2) is 0 Å². The van der Waals surface area contributed by atoms with Gasteiger partial charge in [-0.2, -0.15) is 0 Å². The van der Waals surface area contributed by atoms with E-state index in [1.807, 2.05) is 0 Å². The molecule has 1 aliphatic carbocycles. The molecule has 0 bridgehead atoms. The van der Waals surface area contributed by atoms with Crippen molar-refractivity contribution in [2.45, 2.75) is 51.9 Å². The van der Waals surface area contributed by atoms with Crippen molar-refractivity contribution in [1.82, 2.24) is 0 Å². The molecule has 0 radical (unpaired) electrons. The van der Waals surface area contributed by atoms with Crippen LogP contribution in [-0.4, -0.2) is 6.71 Å². The molecule has 0 saturated carbocycles. The van der Waals surface area contributed by atoms with Crippen LogP contribution in [0.4, 0.5) is 34.1 Å². The molecule has 0 N–H and O–H groups in total. The van der Waals surface area contributed by atoms with Crippen molar-refractivity contribution in [1.29, 1.82) is 0 Å². The summed E-state index contributed by atoms with van der Waals surface area (Å²) in [5.74, 6) is 0. The smallest absolute Gasteiger partial charge is 0.252 e. The fourth-order valence-electron chi connectivity index (χ4n) is 10.9. The monoisotopic (exact) mass is 834 g/mol. The molecule has 3 heteroatoms. The van der Waals surface area contributed by atoms with E-state index in [0.29, 0.717) is 0 Å². The standard InChI is InChI=1S/C62H51BN2/c1-62(2,3)52-31-32-55-60(41-52)65(54-37-50(44-23-12-6-13-24-44)34-51(38-54)45-25-14-7-15-26-45)58-30-18-29-57-61(58)63(55)56-39-46-27-16-17-28-47(46)40-59(56)64(57)53-35-48(42-19-8-4-9-20-42)33-49(36-53)43-21-10-5-11-22-43/h4-15,18-26,29-41H,16-17,27-28H2,1-3H3. The van der Waals surface area contributed by atoms with Crippen molar-refractivity contribution in [2.24, 2.45) is 0 Å². The van der Waals surface area contributed by atoms with Crippen molar-refractivity contribution < 1.29 is 0 Å². The van der Waals surface area contributed by atoms with E-state index in [1.54, 1.807) is 0 Å². The molecule has 0 aromatic heterocycles. The van der Waals surface area contributed by atoms with Gasteiger partial charge in [0.2, 0.25) is 0 Å². The number of rotatable bonds is 6. The second-order valence-corrected chi connectivity index (χ2v) is 19.2. The summed E-state index contributed by atoms with van der Waals surface area (Å²) < 4.78 is 0. The Morgan fingerprint density at radius 2 is 0.769 bits per heavy atom. The Labute approximate surface area is 384 Å². The first-order chi connectivity index (χ1) is 31.9. The number of benzene rings is 9. The summed E-state index contributed by atoms with van der Waals surface area (Å²) in [5.41, 5.74) is 25.4. The highest BCUT2D eigenvalue weighted by atomic mass is 15.2. The molecule has 312 valence electrons. The maximum Gasteiger partial charge on any atom is 0.252 e. The minimum atomic E-state index is -0.0372. The average molecular weight is 835 g/mol. The Morgan fingerprint density at radius 1 is 0.354 bits per heavy atom. The lowest BCUT2D eigenvalue weighted by Gasteiger charge is -2.45. The molecular formula is C62H51BN2. The highest BCUT2D eigenvalue weighted by Gasteiger charge is 2.44. The highest BCUT2D eigenvalue weighted by molar-refractivity contribution is 7.00. The lowest BCUT2D eigenvalue weighted by Crippen LogP contribution is -2.61. The lowest BCUT2D eigenvalue weighted by molar-refractivity contribution is 0.590. The third-order valence-electron chi connectivity index (χ3n) is 14.1. The first-order valence-corrected chi connectivity index (χ1v) is 23.4. The van der Waals surface area contributed by atoms with Crippen LogP contribution in [0, 0.1) is 0 Å². The average Bonchev–Trinajstić information content (AvgIpc) is 3.36. The minimum Gasteiger partial charge on any atom is -0.311 e. The second-order valence-electron chi connectivity index (χ2n) is 19.2. The van der Waals surface area contributed by atoms with Crippen molar-refractivity contribution in [2.75, 3.05) is 9.80 Å². The number of anilines is 6. The predicted molar refractivity (Wildman–Crippen MR) is 278 cm³/mol. The van der Waals surface area contributed by atoms with Crippen LogP contribution in [-0.2, 0) is 18.3 Å². The van der Waals surface area contributed by atoms with E-state index in [2.05, 4.69) is 237 Å². The van der Waals surface area contributed by atoms with Crippen LogP contribution in [0.5, 0.6) is 0 Å². The van der Waals surface area contributed by atoms with Gasteiger partial charge >= 0.3 is 0 Å². The predicted octanol–water partition coefficient (Wildman–Crippen LogP) is 14.6. The summed E-state index contributed by atoms with van der Waals surface area (Å²) in [6.45, 7) is 7.07. The van der Waals surface area contributed by atoms with Gasteiger partial charge in [-0.15, -0.1) is 0 Å². The van der Waals surface area contributed by atoms with Crippen molar-refractivity contribution in [3.8, 4) is 44.5 Å². The molecule has 2 aliphatic heterocycles. The second kappa shape index (κ2) is 15.7. The lowest BCUT2D eigenvalue weighted by atomic mass is 9.33. The summed E-state index contributed by atoms with van der Waals surface area (Å²) in [7, 11) is 0. The first-order valence-electron chi connectivity index (χ1n) is 23.4. The summed E-state index contributed by atoms with van der Waals surface area (Å²) in [6.07, 6.45) is 4.72. The van der Waals surface area contributed by atoms with E-state index in [9.17, 15) is 0 Å².